The Kier molecular flexibility index (Phi) is 10.3. The van der Waals surface area contributed by atoms with Gasteiger partial charge in [0.1, 0.15) is 17.3 Å². The van der Waals surface area contributed by atoms with Crippen LogP contribution in [0.25, 0.3) is 0 Å². The molecule has 0 bridgehead atoms. The topological polar surface area (TPSA) is 38.8 Å². The molecule has 0 radical (unpaired) electrons. The molecule has 1 atom stereocenters. The van der Waals surface area contributed by atoms with Crippen molar-refractivity contribution in [2.24, 2.45) is 5.92 Å². The third-order valence-electron chi connectivity index (χ3n) is 7.08. The highest BCUT2D eigenvalue weighted by atomic mass is 35.5. The van der Waals surface area contributed by atoms with Crippen LogP contribution in [0.4, 0.5) is 4.39 Å². The molecule has 0 saturated carbocycles. The summed E-state index contributed by atoms with van der Waals surface area (Å²) in [6, 6.07) is 22.5. The van der Waals surface area contributed by atoms with E-state index in [0.29, 0.717) is 11.5 Å². The van der Waals surface area contributed by atoms with Crippen LogP contribution >= 0.6 is 12.4 Å². The van der Waals surface area contributed by atoms with Gasteiger partial charge in [-0.2, -0.15) is 0 Å². The number of rotatable bonds is 10. The smallest absolute Gasteiger partial charge is 0.166 e. The van der Waals surface area contributed by atoms with Crippen molar-refractivity contribution in [1.82, 2.24) is 4.90 Å². The minimum absolute atomic E-state index is 0. The van der Waals surface area contributed by atoms with Gasteiger partial charge in [-0.3, -0.25) is 4.79 Å². The summed E-state index contributed by atoms with van der Waals surface area (Å²) < 4.78 is 24.3. The van der Waals surface area contributed by atoms with Crippen LogP contribution in [0.5, 0.6) is 11.5 Å². The number of carbonyl (C=O) groups excluding carboxylic acids is 1. The van der Waals surface area contributed by atoms with Gasteiger partial charge in [-0.25, -0.2) is 4.39 Å². The zero-order chi connectivity index (χ0) is 24.6. The molecule has 4 nitrogen and oxygen atoms in total. The van der Waals surface area contributed by atoms with E-state index in [1.54, 1.807) is 26.4 Å². The summed E-state index contributed by atoms with van der Waals surface area (Å²) in [5.41, 5.74) is 3.07. The van der Waals surface area contributed by atoms with Crippen molar-refractivity contribution in [3.8, 4) is 11.5 Å². The van der Waals surface area contributed by atoms with Crippen molar-refractivity contribution in [2.75, 3.05) is 33.9 Å². The van der Waals surface area contributed by atoms with Gasteiger partial charge in [0.05, 0.1) is 14.2 Å². The number of para-hydroxylation sites is 1. The minimum atomic E-state index is -0.310. The second-order valence-electron chi connectivity index (χ2n) is 9.27. The number of methoxy groups -OCH3 is 2. The van der Waals surface area contributed by atoms with Crippen LogP contribution in [0.15, 0.2) is 72.8 Å². The molecule has 4 rings (SSSR count). The molecule has 3 aromatic rings. The number of likely N-dealkylation sites (tertiary alicyclic amines) is 1. The highest BCUT2D eigenvalue weighted by Gasteiger charge is 2.26. The Morgan fingerprint density at radius 1 is 0.972 bits per heavy atom. The van der Waals surface area contributed by atoms with Crippen LogP contribution in [0.3, 0.4) is 0 Å². The molecule has 0 aliphatic carbocycles. The molecule has 1 aliphatic rings. The van der Waals surface area contributed by atoms with Crippen LogP contribution in [-0.2, 0) is 6.42 Å². The third kappa shape index (κ3) is 7.08. The van der Waals surface area contributed by atoms with Gasteiger partial charge in [0.2, 0.25) is 0 Å². The molecule has 0 N–H and O–H groups in total. The van der Waals surface area contributed by atoms with Crippen LogP contribution in [-0.4, -0.2) is 44.5 Å². The van der Waals surface area contributed by atoms with Gasteiger partial charge in [0, 0.05) is 11.5 Å². The normalized spacial score (nSPS) is 15.1. The lowest BCUT2D eigenvalue weighted by atomic mass is 9.86. The Bertz CT molecular complexity index is 1110. The monoisotopic (exact) mass is 511 g/mol. The fourth-order valence-corrected chi connectivity index (χ4v) is 5.06. The summed E-state index contributed by atoms with van der Waals surface area (Å²) in [7, 11) is 3.42. The lowest BCUT2D eigenvalue weighted by Gasteiger charge is -2.32. The first-order valence-corrected chi connectivity index (χ1v) is 12.4. The van der Waals surface area contributed by atoms with Gasteiger partial charge in [-0.05, 0) is 105 Å². The summed E-state index contributed by atoms with van der Waals surface area (Å²) in [5, 5.41) is 0. The lowest BCUT2D eigenvalue weighted by Crippen LogP contribution is -2.37. The second-order valence-corrected chi connectivity index (χ2v) is 9.27. The first-order chi connectivity index (χ1) is 17.1. The van der Waals surface area contributed by atoms with Crippen molar-refractivity contribution in [3.05, 3.63) is 95.3 Å². The highest BCUT2D eigenvalue weighted by molar-refractivity contribution is 5.97. The van der Waals surface area contributed by atoms with Crippen molar-refractivity contribution < 1.29 is 18.7 Å². The molecule has 0 aromatic heterocycles. The van der Waals surface area contributed by atoms with E-state index in [1.807, 2.05) is 24.3 Å². The number of piperidine rings is 1. The van der Waals surface area contributed by atoms with E-state index in [0.717, 1.165) is 56.8 Å². The maximum absolute atomic E-state index is 13.2. The van der Waals surface area contributed by atoms with Crippen molar-refractivity contribution in [1.29, 1.82) is 0 Å². The largest absolute Gasteiger partial charge is 0.497 e. The molecular weight excluding hydrogens is 477 g/mol. The SMILES string of the molecule is COc1cccc(CC(CCN2CCC(C(=O)c3ccc(F)cc3)CC2)c2ccccc2OC)c1.Cl. The maximum Gasteiger partial charge on any atom is 0.166 e. The molecule has 6 heteroatoms. The van der Waals surface area contributed by atoms with Crippen LogP contribution < -0.4 is 9.47 Å². The van der Waals surface area contributed by atoms with E-state index in [1.165, 1.54) is 23.3 Å². The average Bonchev–Trinajstić information content (AvgIpc) is 2.91. The summed E-state index contributed by atoms with van der Waals surface area (Å²) in [6.07, 6.45) is 3.57. The van der Waals surface area contributed by atoms with Crippen LogP contribution in [0, 0.1) is 11.7 Å². The summed E-state index contributed by atoms with van der Waals surface area (Å²) >= 11 is 0. The number of halogens is 2. The number of carbonyl (C=O) groups is 1. The van der Waals surface area contributed by atoms with E-state index in [2.05, 4.69) is 29.2 Å². The number of benzene rings is 3. The summed E-state index contributed by atoms with van der Waals surface area (Å²) in [6.45, 7) is 2.76. The number of ketones is 1. The number of ether oxygens (including phenoxy) is 2. The number of Topliss-reactive ketones (excluding diaryl/α,β-unsaturated/α-hetero) is 1. The zero-order valence-electron chi connectivity index (χ0n) is 21.0. The molecule has 36 heavy (non-hydrogen) atoms. The predicted molar refractivity (Wildman–Crippen MR) is 144 cm³/mol. The maximum atomic E-state index is 13.2. The lowest BCUT2D eigenvalue weighted by molar-refractivity contribution is 0.0837. The Hall–Kier alpha value is -2.89. The van der Waals surface area contributed by atoms with Crippen molar-refractivity contribution in [2.45, 2.75) is 31.6 Å². The van der Waals surface area contributed by atoms with Gasteiger partial charge in [0.15, 0.2) is 5.78 Å². The molecule has 1 fully saturated rings. The first-order valence-electron chi connectivity index (χ1n) is 12.4. The number of nitrogens with zero attached hydrogens (tertiary/aromatic N) is 1. The fraction of sp³-hybridized carbons (Fsp3) is 0.367. The van der Waals surface area contributed by atoms with E-state index in [-0.39, 0.29) is 29.9 Å². The van der Waals surface area contributed by atoms with Crippen LogP contribution in [0.1, 0.15) is 46.7 Å². The van der Waals surface area contributed by atoms with E-state index >= 15 is 0 Å². The Balaban J connectivity index is 0.00000361. The molecule has 0 spiro atoms. The Labute approximate surface area is 219 Å². The number of hydrogen-bond acceptors (Lipinski definition) is 4. The molecular formula is C30H35ClFNO3. The molecule has 1 heterocycles. The van der Waals surface area contributed by atoms with E-state index < -0.39 is 0 Å². The molecule has 1 saturated heterocycles. The van der Waals surface area contributed by atoms with E-state index in [4.69, 9.17) is 9.47 Å². The predicted octanol–water partition coefficient (Wildman–Crippen LogP) is 6.58. The molecule has 3 aromatic carbocycles. The zero-order valence-corrected chi connectivity index (χ0v) is 21.8. The average molecular weight is 512 g/mol. The van der Waals surface area contributed by atoms with Gasteiger partial charge < -0.3 is 14.4 Å². The molecule has 192 valence electrons. The Morgan fingerprint density at radius 3 is 2.39 bits per heavy atom. The van der Waals surface area contributed by atoms with Gasteiger partial charge >= 0.3 is 0 Å². The standard InChI is InChI=1S/C30H34FNO3.ClH/c1-34-27-7-5-6-22(21-27)20-25(28-8-3-4-9-29(28)35-2)16-19-32-17-14-24(15-18-32)30(33)23-10-12-26(31)13-11-23;/h3-13,21,24-25H,14-20H2,1-2H3;1H. The molecule has 0 amide bonds. The van der Waals surface area contributed by atoms with Crippen LogP contribution in [0.2, 0.25) is 0 Å². The minimum Gasteiger partial charge on any atom is -0.497 e. The fourth-order valence-electron chi connectivity index (χ4n) is 5.06. The van der Waals surface area contributed by atoms with E-state index in [9.17, 15) is 9.18 Å². The summed E-state index contributed by atoms with van der Waals surface area (Å²) in [4.78, 5) is 15.3. The summed E-state index contributed by atoms with van der Waals surface area (Å²) in [5.74, 6) is 1.93. The van der Waals surface area contributed by atoms with Crippen molar-refractivity contribution >= 4 is 18.2 Å². The van der Waals surface area contributed by atoms with Gasteiger partial charge in [-0.1, -0.05) is 30.3 Å². The molecule has 1 aliphatic heterocycles. The Morgan fingerprint density at radius 2 is 1.69 bits per heavy atom. The van der Waals surface area contributed by atoms with Gasteiger partial charge in [0.25, 0.3) is 0 Å². The van der Waals surface area contributed by atoms with Crippen molar-refractivity contribution in [3.63, 3.8) is 0 Å². The quantitative estimate of drug-likeness (QED) is 0.288. The second kappa shape index (κ2) is 13.4. The van der Waals surface area contributed by atoms with Gasteiger partial charge in [-0.15, -0.1) is 12.4 Å². The third-order valence-corrected chi connectivity index (χ3v) is 7.08. The highest BCUT2D eigenvalue weighted by Crippen LogP contribution is 2.33. The number of hydrogen-bond donors (Lipinski definition) is 0. The molecule has 1 unspecified atom stereocenters. The first kappa shape index (κ1) is 27.7.